The van der Waals surface area contributed by atoms with Crippen molar-refractivity contribution in [2.45, 2.75) is 59.0 Å². The van der Waals surface area contributed by atoms with E-state index in [2.05, 4.69) is 35.0 Å². The molecular weight excluding hydrogens is 494 g/mol. The van der Waals surface area contributed by atoms with E-state index in [0.29, 0.717) is 39.3 Å². The molecule has 0 spiro atoms. The number of halogens is 1. The van der Waals surface area contributed by atoms with Gasteiger partial charge in [-0.2, -0.15) is 0 Å². The predicted molar refractivity (Wildman–Crippen MR) is 139 cm³/mol. The Morgan fingerprint density at radius 2 is 1.59 bits per heavy atom. The van der Waals surface area contributed by atoms with Gasteiger partial charge in [0.25, 0.3) is 0 Å². The molecule has 5 nitrogen and oxygen atoms in total. The van der Waals surface area contributed by atoms with Gasteiger partial charge in [0.05, 0.1) is 25.9 Å². The van der Waals surface area contributed by atoms with Crippen molar-refractivity contribution in [2.24, 2.45) is 5.92 Å². The minimum Gasteiger partial charge on any atom is -0.437 e. The first-order valence-corrected chi connectivity index (χ1v) is 12.8. The Morgan fingerprint density at radius 3 is 2.15 bits per heavy atom. The van der Waals surface area contributed by atoms with Crippen molar-refractivity contribution in [3.05, 3.63) is 81.8 Å². The van der Waals surface area contributed by atoms with E-state index in [9.17, 15) is 4.79 Å². The topological polar surface area (TPSA) is 48.0 Å². The molecule has 0 aliphatic heterocycles. The van der Waals surface area contributed by atoms with Crippen molar-refractivity contribution >= 4 is 22.0 Å². The normalized spacial score (nSPS) is 20.9. The molecule has 0 saturated carbocycles. The molecule has 0 N–H and O–H groups in total. The predicted octanol–water partition coefficient (Wildman–Crippen LogP) is 6.71. The fourth-order valence-corrected chi connectivity index (χ4v) is 5.21. The van der Waals surface area contributed by atoms with Gasteiger partial charge in [-0.1, -0.05) is 83.5 Å². The van der Waals surface area contributed by atoms with E-state index in [-0.39, 0.29) is 18.1 Å². The molecule has 0 radical (unpaired) electrons. The summed E-state index contributed by atoms with van der Waals surface area (Å²) in [6, 6.07) is 20.2. The zero-order valence-electron chi connectivity index (χ0n) is 20.6. The molecule has 0 saturated heterocycles. The van der Waals surface area contributed by atoms with Crippen LogP contribution < -0.4 is 0 Å². The summed E-state index contributed by atoms with van der Waals surface area (Å²) in [7, 11) is 0. The first-order chi connectivity index (χ1) is 16.4. The Bertz CT molecular complexity index is 945. The lowest BCUT2D eigenvalue weighted by molar-refractivity contribution is -0.0618. The molecule has 0 aromatic heterocycles. The summed E-state index contributed by atoms with van der Waals surface area (Å²) in [5, 5.41) is 0. The van der Waals surface area contributed by atoms with E-state index in [1.165, 1.54) is 0 Å². The highest BCUT2D eigenvalue weighted by Gasteiger charge is 2.51. The van der Waals surface area contributed by atoms with Gasteiger partial charge in [0.15, 0.2) is 5.60 Å². The van der Waals surface area contributed by atoms with E-state index in [1.807, 2.05) is 69.3 Å². The van der Waals surface area contributed by atoms with Crippen molar-refractivity contribution in [1.29, 1.82) is 0 Å². The Hall–Kier alpha value is -2.15. The number of hydrogen-bond donors (Lipinski definition) is 0. The van der Waals surface area contributed by atoms with E-state index < -0.39 is 5.60 Å². The second kappa shape index (κ2) is 12.5. The van der Waals surface area contributed by atoms with Gasteiger partial charge < -0.3 is 19.1 Å². The molecule has 0 bridgehead atoms. The number of ether oxygens (including phenoxy) is 3. The SMILES string of the molecule is CCN(CC)C(=O)O[C@]1([C@H](C)COCc2ccccc2)C[C@H](OCc2ccccc2)C(C)=C1Br. The third-order valence-electron chi connectivity index (χ3n) is 6.55. The van der Waals surface area contributed by atoms with Gasteiger partial charge in [-0.05, 0) is 37.5 Å². The fourth-order valence-electron chi connectivity index (χ4n) is 4.32. The summed E-state index contributed by atoms with van der Waals surface area (Å²) in [6.45, 7) is 10.7. The Morgan fingerprint density at radius 1 is 1.03 bits per heavy atom. The van der Waals surface area contributed by atoms with Gasteiger partial charge >= 0.3 is 6.09 Å². The van der Waals surface area contributed by atoms with Crippen molar-refractivity contribution in [2.75, 3.05) is 19.7 Å². The average Bonchev–Trinajstić information content (AvgIpc) is 3.10. The lowest BCUT2D eigenvalue weighted by Crippen LogP contribution is -2.46. The Kier molecular flexibility index (Phi) is 9.74. The number of hydrogen-bond acceptors (Lipinski definition) is 4. The molecule has 0 unspecified atom stereocenters. The summed E-state index contributed by atoms with van der Waals surface area (Å²) >= 11 is 3.80. The van der Waals surface area contributed by atoms with Crippen LogP contribution in [0.2, 0.25) is 0 Å². The van der Waals surface area contributed by atoms with Crippen LogP contribution in [0.15, 0.2) is 70.7 Å². The average molecular weight is 531 g/mol. The van der Waals surface area contributed by atoms with E-state index in [4.69, 9.17) is 14.2 Å². The molecule has 2 aromatic rings. The molecule has 2 aromatic carbocycles. The molecule has 6 heteroatoms. The van der Waals surface area contributed by atoms with Gasteiger partial charge in [0.1, 0.15) is 0 Å². The van der Waals surface area contributed by atoms with Crippen molar-refractivity contribution in [3.8, 4) is 0 Å². The Balaban J connectivity index is 1.77. The quantitative estimate of drug-likeness (QED) is 0.324. The number of carbonyl (C=O) groups excluding carboxylic acids is 1. The van der Waals surface area contributed by atoms with Crippen LogP contribution in [0.3, 0.4) is 0 Å². The molecular formula is C28H36BrNO4. The van der Waals surface area contributed by atoms with Crippen LogP contribution in [0, 0.1) is 5.92 Å². The Labute approximate surface area is 212 Å². The van der Waals surface area contributed by atoms with Crippen molar-refractivity contribution in [3.63, 3.8) is 0 Å². The number of benzene rings is 2. The minimum absolute atomic E-state index is 0.0784. The lowest BCUT2D eigenvalue weighted by atomic mass is 9.88. The molecule has 34 heavy (non-hydrogen) atoms. The number of rotatable bonds is 11. The summed E-state index contributed by atoms with van der Waals surface area (Å²) in [4.78, 5) is 14.8. The van der Waals surface area contributed by atoms with E-state index in [0.717, 1.165) is 21.2 Å². The molecule has 3 atom stereocenters. The maximum absolute atomic E-state index is 13.1. The van der Waals surface area contributed by atoms with Gasteiger partial charge in [-0.25, -0.2) is 4.79 Å². The van der Waals surface area contributed by atoms with Gasteiger partial charge in [-0.3, -0.25) is 0 Å². The van der Waals surface area contributed by atoms with Crippen LogP contribution in [0.5, 0.6) is 0 Å². The molecule has 184 valence electrons. The summed E-state index contributed by atoms with van der Waals surface area (Å²) < 4.78 is 19.6. The first kappa shape index (κ1) is 26.5. The number of nitrogens with zero attached hydrogens (tertiary/aromatic N) is 1. The minimum atomic E-state index is -0.845. The van der Waals surface area contributed by atoms with E-state index >= 15 is 0 Å². The third-order valence-corrected chi connectivity index (χ3v) is 7.85. The van der Waals surface area contributed by atoms with Crippen molar-refractivity contribution in [1.82, 2.24) is 4.90 Å². The second-order valence-corrected chi connectivity index (χ2v) is 9.61. The summed E-state index contributed by atoms with van der Waals surface area (Å²) in [6.07, 6.45) is 0.0822. The van der Waals surface area contributed by atoms with Crippen LogP contribution in [0.1, 0.15) is 45.2 Å². The monoisotopic (exact) mass is 529 g/mol. The van der Waals surface area contributed by atoms with E-state index in [1.54, 1.807) is 4.90 Å². The zero-order chi connectivity index (χ0) is 24.6. The van der Waals surface area contributed by atoms with Crippen LogP contribution >= 0.6 is 15.9 Å². The number of amides is 1. The smallest absolute Gasteiger partial charge is 0.410 e. The highest BCUT2D eigenvalue weighted by Crippen LogP contribution is 2.48. The molecule has 1 aliphatic rings. The lowest BCUT2D eigenvalue weighted by Gasteiger charge is -2.37. The van der Waals surface area contributed by atoms with Gasteiger partial charge in [0.2, 0.25) is 0 Å². The fraction of sp³-hybridized carbons (Fsp3) is 0.464. The second-order valence-electron chi connectivity index (χ2n) is 8.82. The molecule has 0 heterocycles. The van der Waals surface area contributed by atoms with Crippen LogP contribution in [0.4, 0.5) is 4.79 Å². The number of carbonyl (C=O) groups is 1. The molecule has 0 fully saturated rings. The highest BCUT2D eigenvalue weighted by atomic mass is 79.9. The van der Waals surface area contributed by atoms with Crippen LogP contribution in [-0.4, -0.2) is 42.4 Å². The summed E-state index contributed by atoms with van der Waals surface area (Å²) in [5.41, 5.74) is 2.44. The highest BCUT2D eigenvalue weighted by molar-refractivity contribution is 9.11. The van der Waals surface area contributed by atoms with Crippen LogP contribution in [0.25, 0.3) is 0 Å². The zero-order valence-corrected chi connectivity index (χ0v) is 22.2. The third kappa shape index (κ3) is 6.29. The molecule has 1 aliphatic carbocycles. The summed E-state index contributed by atoms with van der Waals surface area (Å²) in [5.74, 6) is -0.0784. The molecule has 3 rings (SSSR count). The molecule has 1 amide bonds. The maximum atomic E-state index is 13.1. The maximum Gasteiger partial charge on any atom is 0.410 e. The first-order valence-electron chi connectivity index (χ1n) is 12.0. The van der Waals surface area contributed by atoms with Gasteiger partial charge in [0, 0.05) is 29.9 Å². The van der Waals surface area contributed by atoms with Crippen molar-refractivity contribution < 1.29 is 19.0 Å². The van der Waals surface area contributed by atoms with Gasteiger partial charge in [-0.15, -0.1) is 0 Å². The van der Waals surface area contributed by atoms with Crippen LogP contribution in [-0.2, 0) is 27.4 Å². The largest absolute Gasteiger partial charge is 0.437 e. The standard InChI is InChI=1S/C28H36BrNO4/c1-5-30(6-2)27(31)34-28(21(3)18-32-19-23-13-9-7-10-14-23)17-25(22(4)26(28)29)33-20-24-15-11-8-12-16-24/h7-16,21,25H,5-6,17-20H2,1-4H3/t21-,25+,28+/m1/s1.